The smallest absolute Gasteiger partial charge is 0.319 e. The van der Waals surface area contributed by atoms with E-state index < -0.39 is 0 Å². The van der Waals surface area contributed by atoms with Crippen LogP contribution in [0.1, 0.15) is 46.0 Å². The number of likely N-dealkylation sites (tertiary alicyclic amines) is 1. The molecule has 1 aliphatic rings. The number of amides is 2. The van der Waals surface area contributed by atoms with Gasteiger partial charge in [-0.15, -0.1) is 0 Å². The van der Waals surface area contributed by atoms with Gasteiger partial charge in [0.1, 0.15) is 0 Å². The Hall–Kier alpha value is -0.730. The summed E-state index contributed by atoms with van der Waals surface area (Å²) in [4.78, 5) is 16.0. The molecule has 1 aliphatic heterocycles. The number of carbonyl (C=O) groups excluding carboxylic acids is 1. The maximum Gasteiger partial charge on any atom is 0.319 e. The molecule has 1 fully saturated rings. The molecule has 1 rings (SSSR count). The van der Waals surface area contributed by atoms with E-state index in [0.717, 1.165) is 25.9 Å². The van der Waals surface area contributed by atoms with E-state index in [1.165, 1.54) is 19.3 Å². The number of piperidine rings is 1. The summed E-state index contributed by atoms with van der Waals surface area (Å²) in [5.74, 6) is 0. The molecule has 0 unspecified atom stereocenters. The fourth-order valence-electron chi connectivity index (χ4n) is 2.30. The first-order chi connectivity index (χ1) is 7.20. The maximum absolute atomic E-state index is 12.1. The van der Waals surface area contributed by atoms with Gasteiger partial charge < -0.3 is 9.80 Å². The van der Waals surface area contributed by atoms with Gasteiger partial charge in [-0.3, -0.25) is 0 Å². The van der Waals surface area contributed by atoms with Crippen LogP contribution in [0.4, 0.5) is 4.79 Å². The van der Waals surface area contributed by atoms with E-state index in [0.29, 0.717) is 6.04 Å². The molecule has 0 aliphatic carbocycles. The number of nitrogens with zero attached hydrogens (tertiary/aromatic N) is 2. The zero-order valence-corrected chi connectivity index (χ0v) is 10.3. The second kappa shape index (κ2) is 5.99. The van der Waals surface area contributed by atoms with Crippen molar-refractivity contribution in [3.05, 3.63) is 0 Å². The molecule has 0 atom stereocenters. The Labute approximate surface area is 93.4 Å². The minimum absolute atomic E-state index is 0.225. The monoisotopic (exact) mass is 212 g/mol. The summed E-state index contributed by atoms with van der Waals surface area (Å²) in [7, 11) is 1.94. The van der Waals surface area contributed by atoms with E-state index in [-0.39, 0.29) is 6.03 Å². The van der Waals surface area contributed by atoms with E-state index in [2.05, 4.69) is 13.8 Å². The van der Waals surface area contributed by atoms with Gasteiger partial charge in [0.15, 0.2) is 0 Å². The molecule has 1 heterocycles. The molecule has 15 heavy (non-hydrogen) atoms. The van der Waals surface area contributed by atoms with E-state index in [9.17, 15) is 4.79 Å². The fourth-order valence-corrected chi connectivity index (χ4v) is 2.30. The Morgan fingerprint density at radius 1 is 1.20 bits per heavy atom. The van der Waals surface area contributed by atoms with Crippen LogP contribution in [0.25, 0.3) is 0 Å². The van der Waals surface area contributed by atoms with Crippen molar-refractivity contribution in [2.75, 3.05) is 20.1 Å². The van der Waals surface area contributed by atoms with Gasteiger partial charge >= 0.3 is 6.03 Å². The molecule has 3 nitrogen and oxygen atoms in total. The minimum Gasteiger partial charge on any atom is -0.325 e. The van der Waals surface area contributed by atoms with Gasteiger partial charge in [0.25, 0.3) is 0 Å². The van der Waals surface area contributed by atoms with Crippen molar-refractivity contribution in [3.8, 4) is 0 Å². The molecule has 0 aromatic heterocycles. The Morgan fingerprint density at radius 3 is 2.20 bits per heavy atom. The van der Waals surface area contributed by atoms with Crippen molar-refractivity contribution < 1.29 is 4.79 Å². The highest BCUT2D eigenvalue weighted by Crippen LogP contribution is 2.14. The van der Waals surface area contributed by atoms with Crippen molar-refractivity contribution in [3.63, 3.8) is 0 Å². The molecular formula is C12H24N2O. The highest BCUT2D eigenvalue weighted by atomic mass is 16.2. The largest absolute Gasteiger partial charge is 0.325 e. The highest BCUT2D eigenvalue weighted by Gasteiger charge is 2.23. The van der Waals surface area contributed by atoms with Crippen LogP contribution in [0.3, 0.4) is 0 Å². The molecule has 0 radical (unpaired) electrons. The summed E-state index contributed by atoms with van der Waals surface area (Å²) in [6.07, 6.45) is 5.71. The molecule has 1 saturated heterocycles. The van der Waals surface area contributed by atoms with Crippen molar-refractivity contribution in [2.45, 2.75) is 52.0 Å². The van der Waals surface area contributed by atoms with Crippen LogP contribution in [0.5, 0.6) is 0 Å². The predicted molar refractivity (Wildman–Crippen MR) is 63.0 cm³/mol. The van der Waals surface area contributed by atoms with Crippen LogP contribution in [0, 0.1) is 0 Å². The second-order valence-electron chi connectivity index (χ2n) is 4.41. The summed E-state index contributed by atoms with van der Waals surface area (Å²) < 4.78 is 0. The third-order valence-electron chi connectivity index (χ3n) is 3.42. The van der Waals surface area contributed by atoms with Gasteiger partial charge in [0, 0.05) is 26.2 Å². The van der Waals surface area contributed by atoms with E-state index in [1.54, 1.807) is 0 Å². The molecule has 0 saturated carbocycles. The van der Waals surface area contributed by atoms with E-state index in [4.69, 9.17) is 0 Å². The summed E-state index contributed by atoms with van der Waals surface area (Å²) in [6, 6.07) is 0.628. The summed E-state index contributed by atoms with van der Waals surface area (Å²) in [5, 5.41) is 0. The first-order valence-electron chi connectivity index (χ1n) is 6.22. The van der Waals surface area contributed by atoms with E-state index >= 15 is 0 Å². The standard InChI is InChI=1S/C12H24N2O/c1-4-11(5-2)13(3)12(15)14-9-7-6-8-10-14/h11H,4-10H2,1-3H3. The SMILES string of the molecule is CCC(CC)N(C)C(=O)N1CCCCC1. The van der Waals surface area contributed by atoms with Crippen LogP contribution < -0.4 is 0 Å². The van der Waals surface area contributed by atoms with Gasteiger partial charge in [0.05, 0.1) is 0 Å². The molecule has 0 N–H and O–H groups in total. The lowest BCUT2D eigenvalue weighted by atomic mass is 10.1. The quantitative estimate of drug-likeness (QED) is 0.705. The first-order valence-corrected chi connectivity index (χ1v) is 6.22. The number of hydrogen-bond acceptors (Lipinski definition) is 1. The predicted octanol–water partition coefficient (Wildman–Crippen LogP) is 2.71. The van der Waals surface area contributed by atoms with Gasteiger partial charge in [0.2, 0.25) is 0 Å². The molecule has 0 aromatic rings. The average Bonchev–Trinajstić information content (AvgIpc) is 2.30. The number of rotatable bonds is 3. The lowest BCUT2D eigenvalue weighted by molar-refractivity contribution is 0.135. The van der Waals surface area contributed by atoms with Crippen LogP contribution in [-0.4, -0.2) is 42.0 Å². The molecule has 3 heteroatoms. The molecular weight excluding hydrogens is 188 g/mol. The zero-order valence-electron chi connectivity index (χ0n) is 10.3. The summed E-state index contributed by atoms with van der Waals surface area (Å²) in [5.41, 5.74) is 0. The highest BCUT2D eigenvalue weighted by molar-refractivity contribution is 5.74. The summed E-state index contributed by atoms with van der Waals surface area (Å²) in [6.45, 7) is 6.19. The molecule has 0 aromatic carbocycles. The van der Waals surface area contributed by atoms with Crippen LogP contribution in [-0.2, 0) is 0 Å². The molecule has 0 spiro atoms. The fraction of sp³-hybridized carbons (Fsp3) is 0.917. The van der Waals surface area contributed by atoms with Crippen molar-refractivity contribution in [1.82, 2.24) is 9.80 Å². The zero-order chi connectivity index (χ0) is 11.3. The van der Waals surface area contributed by atoms with Gasteiger partial charge in [-0.2, -0.15) is 0 Å². The third-order valence-corrected chi connectivity index (χ3v) is 3.42. The topological polar surface area (TPSA) is 23.6 Å². The molecule has 88 valence electrons. The minimum atomic E-state index is 0.225. The second-order valence-corrected chi connectivity index (χ2v) is 4.41. The van der Waals surface area contributed by atoms with Crippen molar-refractivity contribution in [1.29, 1.82) is 0 Å². The van der Waals surface area contributed by atoms with Crippen LogP contribution >= 0.6 is 0 Å². The third kappa shape index (κ3) is 3.11. The number of hydrogen-bond donors (Lipinski definition) is 0. The first kappa shape index (κ1) is 12.3. The Bertz CT molecular complexity index is 196. The van der Waals surface area contributed by atoms with Crippen LogP contribution in [0.2, 0.25) is 0 Å². The Morgan fingerprint density at radius 2 is 1.73 bits per heavy atom. The Balaban J connectivity index is 2.49. The molecule has 0 bridgehead atoms. The lowest BCUT2D eigenvalue weighted by Crippen LogP contribution is -2.47. The number of carbonyl (C=O) groups is 1. The van der Waals surface area contributed by atoms with E-state index in [1.807, 2.05) is 16.8 Å². The average molecular weight is 212 g/mol. The van der Waals surface area contributed by atoms with Crippen molar-refractivity contribution in [2.24, 2.45) is 0 Å². The Kier molecular flexibility index (Phi) is 4.92. The number of urea groups is 1. The van der Waals surface area contributed by atoms with Gasteiger partial charge in [-0.1, -0.05) is 13.8 Å². The maximum atomic E-state index is 12.1. The van der Waals surface area contributed by atoms with Crippen LogP contribution in [0.15, 0.2) is 0 Å². The molecule has 2 amide bonds. The van der Waals surface area contributed by atoms with Gasteiger partial charge in [-0.25, -0.2) is 4.79 Å². The normalized spacial score (nSPS) is 16.9. The lowest BCUT2D eigenvalue weighted by Gasteiger charge is -2.34. The van der Waals surface area contributed by atoms with Gasteiger partial charge in [-0.05, 0) is 32.1 Å². The van der Waals surface area contributed by atoms with Crippen molar-refractivity contribution >= 4 is 6.03 Å². The summed E-state index contributed by atoms with van der Waals surface area (Å²) >= 11 is 0.